The van der Waals surface area contributed by atoms with Gasteiger partial charge in [0, 0.05) is 21.7 Å². The number of hydrogen-bond donors (Lipinski definition) is 2. The molecule has 0 bridgehead atoms. The summed E-state index contributed by atoms with van der Waals surface area (Å²) in [5.41, 5.74) is 11.0. The molecule has 0 saturated carbocycles. The standard InChI is InChI=1S/C29H19ClN10O/c30-20-8-11-22(12-9-20)39-27(18-6-4-17(5-7-18)25-13-10-21(31)15-32-25)34-28-24(29(39)41)16-33-40(28)23-3-1-2-19(14-23)26-35-37-38-36-26/h1-16H,31H2,(H,35,36,37,38). The Bertz CT molecular complexity index is 2070. The van der Waals surface area contributed by atoms with E-state index in [2.05, 4.69) is 30.7 Å². The molecule has 4 aromatic heterocycles. The summed E-state index contributed by atoms with van der Waals surface area (Å²) in [4.78, 5) is 23.4. The van der Waals surface area contributed by atoms with Gasteiger partial charge in [-0.2, -0.15) is 5.10 Å². The third-order valence-corrected chi connectivity index (χ3v) is 6.87. The van der Waals surface area contributed by atoms with Crippen LogP contribution in [-0.4, -0.2) is 44.9 Å². The lowest BCUT2D eigenvalue weighted by molar-refractivity contribution is 0.881. The van der Waals surface area contributed by atoms with Crippen LogP contribution in [0.3, 0.4) is 0 Å². The number of H-pyrrole nitrogens is 1. The molecule has 0 aliphatic carbocycles. The van der Waals surface area contributed by atoms with Crippen LogP contribution in [0.25, 0.3) is 56.4 Å². The molecule has 7 rings (SSSR count). The third kappa shape index (κ3) is 4.39. The van der Waals surface area contributed by atoms with E-state index in [1.165, 1.54) is 6.20 Å². The van der Waals surface area contributed by atoms with Crippen LogP contribution >= 0.6 is 11.6 Å². The van der Waals surface area contributed by atoms with Crippen LogP contribution in [0.15, 0.2) is 102 Å². The van der Waals surface area contributed by atoms with Gasteiger partial charge in [-0.05, 0) is 59.0 Å². The van der Waals surface area contributed by atoms with Gasteiger partial charge in [-0.1, -0.05) is 48.0 Å². The lowest BCUT2D eigenvalue weighted by Gasteiger charge is -2.14. The first-order valence-electron chi connectivity index (χ1n) is 12.5. The highest BCUT2D eigenvalue weighted by Crippen LogP contribution is 2.27. The van der Waals surface area contributed by atoms with E-state index in [-0.39, 0.29) is 5.56 Å². The highest BCUT2D eigenvalue weighted by Gasteiger charge is 2.19. The zero-order valence-electron chi connectivity index (χ0n) is 21.2. The molecule has 11 nitrogen and oxygen atoms in total. The van der Waals surface area contributed by atoms with Crippen molar-refractivity contribution in [3.63, 3.8) is 0 Å². The van der Waals surface area contributed by atoms with Crippen molar-refractivity contribution >= 4 is 28.3 Å². The number of benzene rings is 3. The summed E-state index contributed by atoms with van der Waals surface area (Å²) < 4.78 is 3.20. The van der Waals surface area contributed by atoms with Crippen LogP contribution in [0.4, 0.5) is 5.69 Å². The normalized spacial score (nSPS) is 11.2. The predicted molar refractivity (Wildman–Crippen MR) is 156 cm³/mol. The number of anilines is 1. The first kappa shape index (κ1) is 24.4. The Hall–Kier alpha value is -5.68. The van der Waals surface area contributed by atoms with Gasteiger partial charge < -0.3 is 5.73 Å². The SMILES string of the molecule is Nc1ccc(-c2ccc(-c3nc4c(cnn4-c4cccc(-c5nnn[nH]5)c4)c(=O)n3-c3ccc(Cl)cc3)cc2)nc1. The molecule has 0 spiro atoms. The van der Waals surface area contributed by atoms with Crippen molar-refractivity contribution in [1.29, 1.82) is 0 Å². The number of rotatable bonds is 5. The van der Waals surface area contributed by atoms with Crippen LogP contribution < -0.4 is 11.3 Å². The van der Waals surface area contributed by atoms with Crippen LogP contribution in [0.5, 0.6) is 0 Å². The summed E-state index contributed by atoms with van der Waals surface area (Å²) >= 11 is 6.15. The van der Waals surface area contributed by atoms with E-state index in [0.717, 1.165) is 22.4 Å². The van der Waals surface area contributed by atoms with Gasteiger partial charge in [-0.3, -0.25) is 14.3 Å². The van der Waals surface area contributed by atoms with Crippen molar-refractivity contribution in [2.24, 2.45) is 0 Å². The molecule has 12 heteroatoms. The molecule has 4 heterocycles. The Morgan fingerprint density at radius 1 is 0.829 bits per heavy atom. The largest absolute Gasteiger partial charge is 0.397 e. The number of fused-ring (bicyclic) bond motifs is 1. The lowest BCUT2D eigenvalue weighted by Crippen LogP contribution is -2.22. The van der Waals surface area contributed by atoms with Gasteiger partial charge in [-0.15, -0.1) is 5.10 Å². The molecule has 0 atom stereocenters. The number of nitrogens with zero attached hydrogens (tertiary/aromatic N) is 8. The molecular weight excluding hydrogens is 540 g/mol. The fourth-order valence-corrected chi connectivity index (χ4v) is 4.74. The minimum atomic E-state index is -0.265. The number of nitrogen functional groups attached to an aromatic ring is 1. The molecule has 0 unspecified atom stereocenters. The Balaban J connectivity index is 1.42. The molecule has 7 aromatic rings. The van der Waals surface area contributed by atoms with Crippen molar-refractivity contribution < 1.29 is 0 Å². The number of tetrazole rings is 1. The maximum atomic E-state index is 14.0. The number of nitrogens with two attached hydrogens (primary N) is 1. The average molecular weight is 559 g/mol. The van der Waals surface area contributed by atoms with Crippen molar-refractivity contribution in [1.82, 2.24) is 44.9 Å². The van der Waals surface area contributed by atoms with E-state index in [1.807, 2.05) is 54.6 Å². The average Bonchev–Trinajstić information content (AvgIpc) is 3.70. The molecule has 0 saturated heterocycles. The van der Waals surface area contributed by atoms with Gasteiger partial charge in [0.2, 0.25) is 0 Å². The number of halogens is 1. The molecule has 3 aromatic carbocycles. The Kier molecular flexibility index (Phi) is 5.83. The maximum Gasteiger partial charge on any atom is 0.269 e. The molecule has 0 radical (unpaired) electrons. The van der Waals surface area contributed by atoms with Gasteiger partial charge in [0.15, 0.2) is 11.5 Å². The van der Waals surface area contributed by atoms with Crippen molar-refractivity contribution in [2.75, 3.05) is 5.73 Å². The van der Waals surface area contributed by atoms with E-state index in [9.17, 15) is 4.79 Å². The molecule has 0 aliphatic rings. The Labute approximate surface area is 236 Å². The number of aromatic amines is 1. The minimum Gasteiger partial charge on any atom is -0.397 e. The summed E-state index contributed by atoms with van der Waals surface area (Å²) in [5.74, 6) is 0.955. The van der Waals surface area contributed by atoms with E-state index in [1.54, 1.807) is 45.8 Å². The van der Waals surface area contributed by atoms with Gasteiger partial charge in [-0.25, -0.2) is 14.8 Å². The molecule has 41 heavy (non-hydrogen) atoms. The molecular formula is C29H19ClN10O. The maximum absolute atomic E-state index is 14.0. The number of nitrogens with one attached hydrogen (secondary N) is 1. The molecule has 0 amide bonds. The van der Waals surface area contributed by atoms with Gasteiger partial charge >= 0.3 is 0 Å². The Morgan fingerprint density at radius 3 is 2.37 bits per heavy atom. The van der Waals surface area contributed by atoms with E-state index >= 15 is 0 Å². The van der Waals surface area contributed by atoms with Crippen LogP contribution in [0, 0.1) is 0 Å². The molecule has 0 aliphatic heterocycles. The molecule has 3 N–H and O–H groups in total. The van der Waals surface area contributed by atoms with Gasteiger partial charge in [0.25, 0.3) is 5.56 Å². The monoisotopic (exact) mass is 558 g/mol. The minimum absolute atomic E-state index is 0.265. The topological polar surface area (TPSA) is 146 Å². The predicted octanol–water partition coefficient (Wildman–Crippen LogP) is 4.72. The second kappa shape index (κ2) is 9.81. The van der Waals surface area contributed by atoms with Crippen molar-refractivity contribution in [2.45, 2.75) is 0 Å². The van der Waals surface area contributed by atoms with E-state index in [0.29, 0.717) is 44.8 Å². The summed E-state index contributed by atoms with van der Waals surface area (Å²) in [6, 6.07) is 25.9. The van der Waals surface area contributed by atoms with Crippen LogP contribution in [-0.2, 0) is 0 Å². The summed E-state index contributed by atoms with van der Waals surface area (Å²) in [6.07, 6.45) is 3.14. The van der Waals surface area contributed by atoms with E-state index in [4.69, 9.17) is 22.3 Å². The first-order chi connectivity index (χ1) is 20.0. The summed E-state index contributed by atoms with van der Waals surface area (Å²) in [5, 5.41) is 19.5. The van der Waals surface area contributed by atoms with Crippen LogP contribution in [0.2, 0.25) is 5.02 Å². The second-order valence-electron chi connectivity index (χ2n) is 9.20. The third-order valence-electron chi connectivity index (χ3n) is 6.62. The first-order valence-corrected chi connectivity index (χ1v) is 12.9. The van der Waals surface area contributed by atoms with Gasteiger partial charge in [0.05, 0.1) is 35.1 Å². The van der Waals surface area contributed by atoms with Crippen LogP contribution in [0.1, 0.15) is 0 Å². The number of aromatic nitrogens is 9. The fraction of sp³-hybridized carbons (Fsp3) is 0. The zero-order valence-corrected chi connectivity index (χ0v) is 21.9. The van der Waals surface area contributed by atoms with E-state index < -0.39 is 0 Å². The number of pyridine rings is 1. The number of hydrogen-bond acceptors (Lipinski definition) is 8. The lowest BCUT2D eigenvalue weighted by atomic mass is 10.1. The smallest absolute Gasteiger partial charge is 0.269 e. The van der Waals surface area contributed by atoms with Crippen molar-refractivity contribution in [3.8, 4) is 45.4 Å². The quantitative estimate of drug-likeness (QED) is 0.308. The highest BCUT2D eigenvalue weighted by atomic mass is 35.5. The Morgan fingerprint density at radius 2 is 1.63 bits per heavy atom. The fourth-order valence-electron chi connectivity index (χ4n) is 4.61. The summed E-state index contributed by atoms with van der Waals surface area (Å²) in [7, 11) is 0. The molecule has 0 fully saturated rings. The second-order valence-corrected chi connectivity index (χ2v) is 9.64. The highest BCUT2D eigenvalue weighted by molar-refractivity contribution is 6.30. The zero-order chi connectivity index (χ0) is 27.9. The summed E-state index contributed by atoms with van der Waals surface area (Å²) in [6.45, 7) is 0. The molecule has 198 valence electrons. The van der Waals surface area contributed by atoms with Gasteiger partial charge in [0.1, 0.15) is 11.2 Å². The van der Waals surface area contributed by atoms with Crippen molar-refractivity contribution in [3.05, 3.63) is 113 Å².